The number of carbonyl (C=O) groups excluding carboxylic acids is 1. The van der Waals surface area contributed by atoms with Gasteiger partial charge in [-0.15, -0.1) is 0 Å². The van der Waals surface area contributed by atoms with Crippen LogP contribution in [0.1, 0.15) is 0 Å². The average molecular weight is 271 g/mol. The first-order valence-corrected chi connectivity index (χ1v) is 4.94. The van der Waals surface area contributed by atoms with Gasteiger partial charge in [0.05, 0.1) is 4.92 Å². The van der Waals surface area contributed by atoms with Gasteiger partial charge in [0.2, 0.25) is 5.91 Å². The molecule has 0 unspecified atom stereocenters. The molecule has 0 aliphatic carbocycles. The normalized spacial score (nSPS) is 10.3. The fourth-order valence-corrected chi connectivity index (χ4v) is 1.25. The SMILES string of the molecule is O=C(O)/C=C\C(=O)Nc1ccc(Cl)c([N+](=O)[O-])c1. The standard InChI is InChI=1S/C10H7ClN2O5/c11-7-2-1-6(5-8(7)13(17)18)12-9(14)3-4-10(15)16/h1-5H,(H,12,14)(H,15,16)/b4-3-. The molecule has 1 amide bonds. The smallest absolute Gasteiger partial charge is 0.328 e. The first kappa shape index (κ1) is 13.7. The lowest BCUT2D eigenvalue weighted by molar-refractivity contribution is -0.384. The van der Waals surface area contributed by atoms with Crippen molar-refractivity contribution in [1.82, 2.24) is 0 Å². The number of aliphatic carboxylic acids is 1. The Bertz CT molecular complexity index is 541. The Balaban J connectivity index is 2.86. The van der Waals surface area contributed by atoms with Crippen molar-refractivity contribution in [2.75, 3.05) is 5.32 Å². The molecule has 2 N–H and O–H groups in total. The van der Waals surface area contributed by atoms with Crippen LogP contribution >= 0.6 is 11.6 Å². The van der Waals surface area contributed by atoms with Crippen molar-refractivity contribution in [3.8, 4) is 0 Å². The van der Waals surface area contributed by atoms with Gasteiger partial charge in [-0.25, -0.2) is 4.79 Å². The van der Waals surface area contributed by atoms with Crippen molar-refractivity contribution in [2.45, 2.75) is 0 Å². The third-order valence-corrected chi connectivity index (χ3v) is 2.11. The van der Waals surface area contributed by atoms with Gasteiger partial charge in [-0.3, -0.25) is 14.9 Å². The van der Waals surface area contributed by atoms with E-state index in [4.69, 9.17) is 16.7 Å². The van der Waals surface area contributed by atoms with E-state index in [1.54, 1.807) is 0 Å². The summed E-state index contributed by atoms with van der Waals surface area (Å²) in [5.41, 5.74) is -0.206. The number of hydrogen-bond donors (Lipinski definition) is 2. The van der Waals surface area contributed by atoms with E-state index in [9.17, 15) is 19.7 Å². The van der Waals surface area contributed by atoms with Gasteiger partial charge in [0.15, 0.2) is 0 Å². The number of benzene rings is 1. The number of carboxylic acids is 1. The van der Waals surface area contributed by atoms with Crippen molar-refractivity contribution >= 4 is 34.9 Å². The Morgan fingerprint density at radius 2 is 2.06 bits per heavy atom. The number of nitro groups is 1. The van der Waals surface area contributed by atoms with Crippen LogP contribution in [0.25, 0.3) is 0 Å². The molecule has 0 aliphatic rings. The fourth-order valence-electron chi connectivity index (χ4n) is 1.06. The molecule has 0 saturated carbocycles. The number of rotatable bonds is 4. The Morgan fingerprint density at radius 3 is 2.61 bits per heavy atom. The summed E-state index contributed by atoms with van der Waals surface area (Å²) in [7, 11) is 0. The number of halogens is 1. The van der Waals surface area contributed by atoms with E-state index in [0.29, 0.717) is 6.08 Å². The second-order valence-corrected chi connectivity index (χ2v) is 3.49. The molecule has 18 heavy (non-hydrogen) atoms. The van der Waals surface area contributed by atoms with Gasteiger partial charge >= 0.3 is 5.97 Å². The second kappa shape index (κ2) is 5.78. The molecular formula is C10H7ClN2O5. The maximum Gasteiger partial charge on any atom is 0.328 e. The van der Waals surface area contributed by atoms with E-state index >= 15 is 0 Å². The summed E-state index contributed by atoms with van der Waals surface area (Å²) >= 11 is 5.58. The summed E-state index contributed by atoms with van der Waals surface area (Å²) in [5.74, 6) is -1.98. The zero-order chi connectivity index (χ0) is 13.7. The van der Waals surface area contributed by atoms with E-state index in [2.05, 4.69) is 5.32 Å². The van der Waals surface area contributed by atoms with Crippen LogP contribution in [-0.2, 0) is 9.59 Å². The molecule has 0 bridgehead atoms. The number of carbonyl (C=O) groups is 2. The van der Waals surface area contributed by atoms with Crippen LogP contribution in [0.3, 0.4) is 0 Å². The first-order chi connectivity index (χ1) is 8.40. The molecule has 8 heteroatoms. The Kier molecular flexibility index (Phi) is 4.39. The number of hydrogen-bond acceptors (Lipinski definition) is 4. The van der Waals surface area contributed by atoms with Gasteiger partial charge in [0.25, 0.3) is 5.69 Å². The molecule has 0 fully saturated rings. The largest absolute Gasteiger partial charge is 0.478 e. The van der Waals surface area contributed by atoms with E-state index in [-0.39, 0.29) is 16.4 Å². The molecule has 0 heterocycles. The third-order valence-electron chi connectivity index (χ3n) is 1.79. The van der Waals surface area contributed by atoms with Gasteiger partial charge in [-0.05, 0) is 12.1 Å². The molecule has 0 aromatic heterocycles. The van der Waals surface area contributed by atoms with Gasteiger partial charge < -0.3 is 10.4 Å². The zero-order valence-corrected chi connectivity index (χ0v) is 9.55. The summed E-state index contributed by atoms with van der Waals surface area (Å²) < 4.78 is 0. The van der Waals surface area contributed by atoms with Crippen molar-refractivity contribution in [2.24, 2.45) is 0 Å². The number of nitrogens with one attached hydrogen (secondary N) is 1. The summed E-state index contributed by atoms with van der Waals surface area (Å²) in [6.45, 7) is 0. The molecule has 0 aliphatic heterocycles. The zero-order valence-electron chi connectivity index (χ0n) is 8.79. The fraction of sp³-hybridized carbons (Fsp3) is 0. The molecule has 0 atom stereocenters. The molecule has 1 rings (SSSR count). The van der Waals surface area contributed by atoms with E-state index in [1.807, 2.05) is 0 Å². The van der Waals surface area contributed by atoms with Crippen LogP contribution in [0.2, 0.25) is 5.02 Å². The summed E-state index contributed by atoms with van der Waals surface area (Å²) in [6.07, 6.45) is 1.45. The predicted molar refractivity (Wildman–Crippen MR) is 63.5 cm³/mol. The number of carboxylic acid groups (broad SMARTS) is 1. The average Bonchev–Trinajstić information content (AvgIpc) is 2.28. The molecule has 0 radical (unpaired) electrons. The van der Waals surface area contributed by atoms with Crippen LogP contribution in [0.4, 0.5) is 11.4 Å². The Hall–Kier alpha value is -2.41. The molecule has 94 valence electrons. The minimum atomic E-state index is -1.27. The molecule has 0 spiro atoms. The lowest BCUT2D eigenvalue weighted by atomic mass is 10.2. The summed E-state index contributed by atoms with van der Waals surface area (Å²) in [5, 5.41) is 21.1. The molecule has 1 aromatic rings. The monoisotopic (exact) mass is 270 g/mol. The topological polar surface area (TPSA) is 110 Å². The number of nitro benzene ring substituents is 1. The van der Waals surface area contributed by atoms with Crippen LogP contribution < -0.4 is 5.32 Å². The van der Waals surface area contributed by atoms with E-state index < -0.39 is 16.8 Å². The molecule has 7 nitrogen and oxygen atoms in total. The number of amides is 1. The highest BCUT2D eigenvalue weighted by molar-refractivity contribution is 6.32. The first-order valence-electron chi connectivity index (χ1n) is 4.56. The highest BCUT2D eigenvalue weighted by Gasteiger charge is 2.13. The Morgan fingerprint density at radius 1 is 1.39 bits per heavy atom. The van der Waals surface area contributed by atoms with Gasteiger partial charge in [-0.2, -0.15) is 0 Å². The second-order valence-electron chi connectivity index (χ2n) is 3.08. The lowest BCUT2D eigenvalue weighted by Gasteiger charge is -2.02. The highest BCUT2D eigenvalue weighted by atomic mass is 35.5. The van der Waals surface area contributed by atoms with Gasteiger partial charge in [-0.1, -0.05) is 11.6 Å². The number of anilines is 1. The van der Waals surface area contributed by atoms with Crippen molar-refractivity contribution < 1.29 is 19.6 Å². The van der Waals surface area contributed by atoms with Gasteiger partial charge in [0, 0.05) is 23.9 Å². The van der Waals surface area contributed by atoms with E-state index in [1.165, 1.54) is 12.1 Å². The Labute approximate surface area is 106 Å². The van der Waals surface area contributed by atoms with Gasteiger partial charge in [0.1, 0.15) is 5.02 Å². The van der Waals surface area contributed by atoms with Crippen LogP contribution in [0, 0.1) is 10.1 Å². The van der Waals surface area contributed by atoms with Crippen molar-refractivity contribution in [3.05, 3.63) is 45.5 Å². The minimum absolute atomic E-state index is 0.0564. The maximum absolute atomic E-state index is 11.2. The summed E-state index contributed by atoms with van der Waals surface area (Å²) in [4.78, 5) is 31.3. The molecular weight excluding hydrogens is 264 g/mol. The van der Waals surface area contributed by atoms with Crippen molar-refractivity contribution in [3.63, 3.8) is 0 Å². The summed E-state index contributed by atoms with van der Waals surface area (Å²) in [6, 6.07) is 3.70. The number of nitrogens with zero attached hydrogens (tertiary/aromatic N) is 1. The highest BCUT2D eigenvalue weighted by Crippen LogP contribution is 2.27. The third kappa shape index (κ3) is 3.87. The van der Waals surface area contributed by atoms with E-state index in [0.717, 1.165) is 12.1 Å². The molecule has 1 aromatic carbocycles. The van der Waals surface area contributed by atoms with Crippen LogP contribution in [0.5, 0.6) is 0 Å². The minimum Gasteiger partial charge on any atom is -0.478 e. The van der Waals surface area contributed by atoms with Crippen LogP contribution in [-0.4, -0.2) is 21.9 Å². The predicted octanol–water partition coefficient (Wildman–Crippen LogP) is 1.83. The van der Waals surface area contributed by atoms with Crippen LogP contribution in [0.15, 0.2) is 30.4 Å². The maximum atomic E-state index is 11.2. The molecule has 0 saturated heterocycles. The quantitative estimate of drug-likeness (QED) is 0.493. The lowest BCUT2D eigenvalue weighted by Crippen LogP contribution is -2.08. The van der Waals surface area contributed by atoms with Crippen molar-refractivity contribution in [1.29, 1.82) is 0 Å².